The number of nitrogens with one attached hydrogen (secondary N) is 1. The number of phenolic OH excluding ortho intramolecular Hbond substituents is 1. The van der Waals surface area contributed by atoms with Gasteiger partial charge < -0.3 is 10.4 Å². The zero-order valence-electron chi connectivity index (χ0n) is 11.4. The van der Waals surface area contributed by atoms with Crippen molar-refractivity contribution in [2.45, 2.75) is 25.3 Å². The Morgan fingerprint density at radius 1 is 1.20 bits per heavy atom. The van der Waals surface area contributed by atoms with Gasteiger partial charge in [-0.15, -0.1) is 0 Å². The maximum Gasteiger partial charge on any atom is 0.142 e. The van der Waals surface area contributed by atoms with Gasteiger partial charge in [0.1, 0.15) is 5.75 Å². The molecule has 1 aliphatic carbocycles. The van der Waals surface area contributed by atoms with E-state index in [0.717, 1.165) is 39.2 Å². The van der Waals surface area contributed by atoms with Crippen LogP contribution in [0.5, 0.6) is 5.75 Å². The van der Waals surface area contributed by atoms with Gasteiger partial charge in [0.15, 0.2) is 0 Å². The number of hydrogen-bond donors (Lipinski definition) is 2. The third kappa shape index (κ3) is 3.59. The largest absolute Gasteiger partial charge is 0.506 e. The summed E-state index contributed by atoms with van der Waals surface area (Å²) in [5.41, 5.74) is 1.38. The number of halogens is 2. The molecular weight excluding hydrogens is 478 g/mol. The van der Waals surface area contributed by atoms with Crippen LogP contribution in [-0.2, 0) is 0 Å². The first-order chi connectivity index (χ1) is 9.65. The number of phenols is 1. The zero-order chi connectivity index (χ0) is 14.1. The summed E-state index contributed by atoms with van der Waals surface area (Å²) in [5, 5.41) is 13.4. The highest BCUT2D eigenvalue weighted by Gasteiger charge is 2.31. The molecule has 0 spiro atoms. The van der Waals surface area contributed by atoms with Gasteiger partial charge in [-0.25, -0.2) is 0 Å². The van der Waals surface area contributed by atoms with Crippen molar-refractivity contribution in [1.82, 2.24) is 10.2 Å². The van der Waals surface area contributed by atoms with E-state index < -0.39 is 0 Å². The highest BCUT2D eigenvalue weighted by molar-refractivity contribution is 14.1. The van der Waals surface area contributed by atoms with E-state index in [1.807, 2.05) is 0 Å². The lowest BCUT2D eigenvalue weighted by molar-refractivity contribution is 0.160. The second-order valence-electron chi connectivity index (χ2n) is 5.81. The van der Waals surface area contributed by atoms with Crippen LogP contribution in [0.2, 0.25) is 0 Å². The minimum Gasteiger partial charge on any atom is -0.506 e. The van der Waals surface area contributed by atoms with E-state index in [0.29, 0.717) is 11.8 Å². The summed E-state index contributed by atoms with van der Waals surface area (Å²) in [6, 6.07) is 4.87. The average molecular weight is 498 g/mol. The van der Waals surface area contributed by atoms with Crippen LogP contribution in [-0.4, -0.2) is 36.2 Å². The second kappa shape index (κ2) is 6.66. The SMILES string of the molecule is Oc1c(I)cc([C@H](CC2CC2)N2CCNCC2)cc1I. The fourth-order valence-electron chi connectivity index (χ4n) is 2.94. The molecule has 0 aromatic heterocycles. The van der Waals surface area contributed by atoms with Gasteiger partial charge in [-0.05, 0) is 75.2 Å². The van der Waals surface area contributed by atoms with E-state index in [9.17, 15) is 5.11 Å². The molecule has 1 saturated heterocycles. The summed E-state index contributed by atoms with van der Waals surface area (Å²) in [7, 11) is 0. The lowest BCUT2D eigenvalue weighted by Gasteiger charge is -2.35. The van der Waals surface area contributed by atoms with Crippen LogP contribution in [0.15, 0.2) is 12.1 Å². The average Bonchev–Trinajstić information content (AvgIpc) is 3.27. The van der Waals surface area contributed by atoms with Gasteiger partial charge >= 0.3 is 0 Å². The number of piperazine rings is 1. The van der Waals surface area contributed by atoms with Crippen LogP contribution in [0, 0.1) is 13.1 Å². The van der Waals surface area contributed by atoms with Crippen molar-refractivity contribution in [1.29, 1.82) is 0 Å². The van der Waals surface area contributed by atoms with E-state index in [2.05, 4.69) is 67.5 Å². The summed E-state index contributed by atoms with van der Waals surface area (Å²) < 4.78 is 1.95. The van der Waals surface area contributed by atoms with Crippen molar-refractivity contribution >= 4 is 45.2 Å². The van der Waals surface area contributed by atoms with Gasteiger partial charge in [-0.2, -0.15) is 0 Å². The smallest absolute Gasteiger partial charge is 0.142 e. The predicted octanol–water partition coefficient (Wildman–Crippen LogP) is 3.35. The first-order valence-electron chi connectivity index (χ1n) is 7.28. The molecule has 3 nitrogen and oxygen atoms in total. The van der Waals surface area contributed by atoms with Crippen molar-refractivity contribution < 1.29 is 5.11 Å². The van der Waals surface area contributed by atoms with Crippen molar-refractivity contribution in [3.05, 3.63) is 24.8 Å². The minimum absolute atomic E-state index is 0.431. The molecule has 110 valence electrons. The van der Waals surface area contributed by atoms with E-state index in [1.54, 1.807) is 0 Å². The van der Waals surface area contributed by atoms with Crippen LogP contribution >= 0.6 is 45.2 Å². The number of aromatic hydroxyl groups is 1. The van der Waals surface area contributed by atoms with Gasteiger partial charge in [0.05, 0.1) is 7.14 Å². The molecular formula is C15H20I2N2O. The third-order valence-corrected chi connectivity index (χ3v) is 5.91. The number of nitrogens with zero attached hydrogens (tertiary/aromatic N) is 1. The Morgan fingerprint density at radius 3 is 2.35 bits per heavy atom. The van der Waals surface area contributed by atoms with Gasteiger partial charge in [-0.1, -0.05) is 12.8 Å². The van der Waals surface area contributed by atoms with Gasteiger partial charge in [-0.3, -0.25) is 4.90 Å². The van der Waals surface area contributed by atoms with Crippen molar-refractivity contribution in [2.75, 3.05) is 26.2 Å². The van der Waals surface area contributed by atoms with Gasteiger partial charge in [0, 0.05) is 32.2 Å². The quantitative estimate of drug-likeness (QED) is 0.626. The summed E-state index contributed by atoms with van der Waals surface area (Å²) >= 11 is 4.49. The van der Waals surface area contributed by atoms with Crippen molar-refractivity contribution in [3.63, 3.8) is 0 Å². The zero-order valence-corrected chi connectivity index (χ0v) is 15.7. The molecule has 1 aliphatic heterocycles. The van der Waals surface area contributed by atoms with Crippen molar-refractivity contribution in [3.8, 4) is 5.75 Å². The highest BCUT2D eigenvalue weighted by Crippen LogP contribution is 2.41. The van der Waals surface area contributed by atoms with Gasteiger partial charge in [0.25, 0.3) is 0 Å². The molecule has 0 bridgehead atoms. The molecule has 2 fully saturated rings. The predicted molar refractivity (Wildman–Crippen MR) is 98.1 cm³/mol. The summed E-state index contributed by atoms with van der Waals surface area (Å²) in [6.45, 7) is 4.44. The fraction of sp³-hybridized carbons (Fsp3) is 0.600. The summed E-state index contributed by atoms with van der Waals surface area (Å²) in [5.74, 6) is 1.35. The Balaban J connectivity index is 1.87. The van der Waals surface area contributed by atoms with E-state index in [1.165, 1.54) is 24.8 Å². The topological polar surface area (TPSA) is 35.5 Å². The first kappa shape index (κ1) is 15.3. The lowest BCUT2D eigenvalue weighted by Crippen LogP contribution is -2.45. The third-order valence-electron chi connectivity index (χ3n) is 4.27. The molecule has 0 radical (unpaired) electrons. The number of benzene rings is 1. The van der Waals surface area contributed by atoms with Crippen molar-refractivity contribution in [2.24, 2.45) is 5.92 Å². The molecule has 20 heavy (non-hydrogen) atoms. The van der Waals surface area contributed by atoms with E-state index in [4.69, 9.17) is 0 Å². The molecule has 3 rings (SSSR count). The molecule has 0 amide bonds. The van der Waals surface area contributed by atoms with Crippen LogP contribution in [0.4, 0.5) is 0 Å². The molecule has 0 unspecified atom stereocenters. The Hall–Kier alpha value is 0.400. The van der Waals surface area contributed by atoms with Crippen LogP contribution in [0.1, 0.15) is 30.9 Å². The number of rotatable bonds is 4. The first-order valence-corrected chi connectivity index (χ1v) is 9.43. The summed E-state index contributed by atoms with van der Waals surface area (Å²) in [4.78, 5) is 2.62. The summed E-state index contributed by atoms with van der Waals surface area (Å²) in [6.07, 6.45) is 4.07. The molecule has 2 aliphatic rings. The Kier molecular flexibility index (Phi) is 5.10. The van der Waals surface area contributed by atoms with E-state index in [-0.39, 0.29) is 0 Å². The lowest BCUT2D eigenvalue weighted by atomic mass is 9.98. The maximum atomic E-state index is 9.98. The second-order valence-corrected chi connectivity index (χ2v) is 8.14. The normalized spacial score (nSPS) is 21.9. The number of hydrogen-bond acceptors (Lipinski definition) is 3. The maximum absolute atomic E-state index is 9.98. The van der Waals surface area contributed by atoms with Crippen LogP contribution < -0.4 is 5.32 Å². The highest BCUT2D eigenvalue weighted by atomic mass is 127. The monoisotopic (exact) mass is 498 g/mol. The van der Waals surface area contributed by atoms with Gasteiger partial charge in [0.2, 0.25) is 0 Å². The molecule has 5 heteroatoms. The Bertz CT molecular complexity index is 462. The minimum atomic E-state index is 0.431. The standard InChI is InChI=1S/C15H20I2N2O/c16-12-8-11(9-13(17)15(12)20)14(7-10-1-2-10)19-5-3-18-4-6-19/h8-10,14,18,20H,1-7H2/t14-/m0/s1. The molecule has 1 atom stereocenters. The molecule has 2 N–H and O–H groups in total. The Morgan fingerprint density at radius 2 is 1.80 bits per heavy atom. The van der Waals surface area contributed by atoms with Crippen LogP contribution in [0.25, 0.3) is 0 Å². The molecule has 1 aromatic carbocycles. The molecule has 1 saturated carbocycles. The van der Waals surface area contributed by atoms with E-state index >= 15 is 0 Å². The molecule has 1 aromatic rings. The van der Waals surface area contributed by atoms with Crippen LogP contribution in [0.3, 0.4) is 0 Å². The fourth-order valence-corrected chi connectivity index (χ4v) is 4.75. The Labute approximate surface area is 147 Å². The molecule has 1 heterocycles.